The zero-order valence-corrected chi connectivity index (χ0v) is 14.6. The van der Waals surface area contributed by atoms with Crippen LogP contribution in [-0.4, -0.2) is 29.1 Å². The Labute approximate surface area is 152 Å². The summed E-state index contributed by atoms with van der Waals surface area (Å²) in [4.78, 5) is 2.01. The number of fused-ring (bicyclic) bond motifs is 1. The Hall–Kier alpha value is -2.92. The summed E-state index contributed by atoms with van der Waals surface area (Å²) in [6, 6.07) is 14.2. The van der Waals surface area contributed by atoms with Crippen LogP contribution in [-0.2, 0) is 0 Å². The molecule has 1 aliphatic rings. The average Bonchev–Trinajstić information content (AvgIpc) is 2.61. The standard InChI is InChI=1S/C19H20ClN5/c1-3-12-24(13-4-2)19-14-18(20)22-25(23-19)21-17-11-7-9-15-8-5-6-10-16(15)17/h3-11,14,21-22H,1-2,12-13H2. The van der Waals surface area contributed by atoms with Crippen LogP contribution in [0.15, 0.2) is 84.1 Å². The first-order chi connectivity index (χ1) is 12.2. The molecule has 0 unspecified atom stereocenters. The molecule has 0 radical (unpaired) electrons. The van der Waals surface area contributed by atoms with Gasteiger partial charge >= 0.3 is 0 Å². The van der Waals surface area contributed by atoms with Crippen molar-refractivity contribution in [2.75, 3.05) is 18.5 Å². The lowest BCUT2D eigenvalue weighted by atomic mass is 10.1. The van der Waals surface area contributed by atoms with Gasteiger partial charge in [-0.15, -0.1) is 23.5 Å². The molecule has 3 rings (SSSR count). The second-order valence-electron chi connectivity index (χ2n) is 5.49. The van der Waals surface area contributed by atoms with Crippen molar-refractivity contribution in [3.63, 3.8) is 0 Å². The number of rotatable bonds is 6. The lowest BCUT2D eigenvalue weighted by molar-refractivity contribution is 0.271. The maximum absolute atomic E-state index is 6.24. The van der Waals surface area contributed by atoms with E-state index in [1.165, 1.54) is 5.23 Å². The first-order valence-electron chi connectivity index (χ1n) is 7.95. The maximum Gasteiger partial charge on any atom is 0.156 e. The van der Waals surface area contributed by atoms with E-state index in [9.17, 15) is 0 Å². The highest BCUT2D eigenvalue weighted by Crippen LogP contribution is 2.24. The van der Waals surface area contributed by atoms with Crippen molar-refractivity contribution in [2.24, 2.45) is 5.10 Å². The normalized spacial score (nSPS) is 13.6. The van der Waals surface area contributed by atoms with E-state index < -0.39 is 0 Å². The predicted octanol–water partition coefficient (Wildman–Crippen LogP) is 4.05. The smallest absolute Gasteiger partial charge is 0.156 e. The van der Waals surface area contributed by atoms with Crippen molar-refractivity contribution in [2.45, 2.75) is 0 Å². The number of hydrazone groups is 1. The molecule has 0 bridgehead atoms. The van der Waals surface area contributed by atoms with Crippen LogP contribution >= 0.6 is 11.6 Å². The van der Waals surface area contributed by atoms with Crippen LogP contribution in [0.5, 0.6) is 0 Å². The van der Waals surface area contributed by atoms with Gasteiger partial charge in [-0.1, -0.05) is 60.2 Å². The second kappa shape index (κ2) is 7.77. The Kier molecular flexibility index (Phi) is 5.26. The van der Waals surface area contributed by atoms with E-state index in [4.69, 9.17) is 11.6 Å². The molecule has 2 aromatic carbocycles. The molecule has 0 atom stereocenters. The molecule has 0 aromatic heterocycles. The van der Waals surface area contributed by atoms with Crippen LogP contribution in [0, 0.1) is 0 Å². The molecule has 5 nitrogen and oxygen atoms in total. The maximum atomic E-state index is 6.24. The van der Waals surface area contributed by atoms with Crippen LogP contribution in [0.2, 0.25) is 0 Å². The highest BCUT2D eigenvalue weighted by molar-refractivity contribution is 6.31. The van der Waals surface area contributed by atoms with E-state index in [0.29, 0.717) is 18.2 Å². The summed E-state index contributed by atoms with van der Waals surface area (Å²) in [5, 5.41) is 8.80. The summed E-state index contributed by atoms with van der Waals surface area (Å²) < 4.78 is 0. The van der Waals surface area contributed by atoms with Crippen LogP contribution in [0.25, 0.3) is 10.8 Å². The first-order valence-corrected chi connectivity index (χ1v) is 8.33. The number of hydrogen-bond acceptors (Lipinski definition) is 5. The number of nitrogens with one attached hydrogen (secondary N) is 2. The van der Waals surface area contributed by atoms with Gasteiger partial charge in [0.15, 0.2) is 5.84 Å². The van der Waals surface area contributed by atoms with Crippen molar-refractivity contribution in [3.8, 4) is 0 Å². The Morgan fingerprint density at radius 3 is 2.60 bits per heavy atom. The number of amidine groups is 1. The first kappa shape index (κ1) is 16.9. The molecule has 0 fully saturated rings. The highest BCUT2D eigenvalue weighted by Gasteiger charge is 2.16. The number of hydrazine groups is 2. The number of nitrogens with zero attached hydrogens (tertiary/aromatic N) is 3. The van der Waals surface area contributed by atoms with Gasteiger partial charge in [-0.3, -0.25) is 10.9 Å². The monoisotopic (exact) mass is 353 g/mol. The number of benzene rings is 2. The third-order valence-corrected chi connectivity index (χ3v) is 3.90. The summed E-state index contributed by atoms with van der Waals surface area (Å²) in [5.74, 6) is 0.719. The zero-order valence-electron chi connectivity index (χ0n) is 13.8. The summed E-state index contributed by atoms with van der Waals surface area (Å²) in [6.07, 6.45) is 5.41. The molecule has 128 valence electrons. The summed E-state index contributed by atoms with van der Waals surface area (Å²) in [6.45, 7) is 8.87. The molecule has 25 heavy (non-hydrogen) atoms. The Bertz CT molecular complexity index is 827. The van der Waals surface area contributed by atoms with Crippen molar-refractivity contribution in [1.29, 1.82) is 0 Å². The zero-order chi connectivity index (χ0) is 17.6. The SMILES string of the molecule is C=CCN(CC=C)C1=NN(Nc2cccc3ccccc23)NC(Cl)=C1. The topological polar surface area (TPSA) is 42.9 Å². The van der Waals surface area contributed by atoms with Gasteiger partial charge in [0, 0.05) is 24.6 Å². The minimum Gasteiger partial charge on any atom is -0.348 e. The van der Waals surface area contributed by atoms with Gasteiger partial charge in [0.25, 0.3) is 0 Å². The van der Waals surface area contributed by atoms with E-state index in [2.05, 4.69) is 47.3 Å². The molecule has 0 aliphatic carbocycles. The molecule has 0 saturated heterocycles. The quantitative estimate of drug-likeness (QED) is 0.607. The van der Waals surface area contributed by atoms with Gasteiger partial charge in [-0.05, 0) is 11.5 Å². The third-order valence-electron chi connectivity index (χ3n) is 3.71. The molecule has 6 heteroatoms. The van der Waals surface area contributed by atoms with E-state index in [-0.39, 0.29) is 0 Å². The van der Waals surface area contributed by atoms with E-state index in [0.717, 1.165) is 22.3 Å². The molecule has 1 aliphatic heterocycles. The largest absolute Gasteiger partial charge is 0.348 e. The van der Waals surface area contributed by atoms with Gasteiger partial charge in [-0.25, -0.2) is 0 Å². The fraction of sp³-hybridized carbons (Fsp3) is 0.105. The molecule has 2 aromatic rings. The molecular formula is C19H20ClN5. The highest BCUT2D eigenvalue weighted by atomic mass is 35.5. The van der Waals surface area contributed by atoms with Crippen LogP contribution < -0.4 is 10.9 Å². The summed E-state index contributed by atoms with van der Waals surface area (Å²) in [5.41, 5.74) is 7.17. The third kappa shape index (κ3) is 3.95. The molecule has 1 heterocycles. The number of anilines is 1. The van der Waals surface area contributed by atoms with E-state index >= 15 is 0 Å². The Morgan fingerprint density at radius 1 is 1.12 bits per heavy atom. The van der Waals surface area contributed by atoms with Crippen LogP contribution in [0.1, 0.15) is 0 Å². The molecule has 0 spiro atoms. The predicted molar refractivity (Wildman–Crippen MR) is 106 cm³/mol. The minimum atomic E-state index is 0.468. The Balaban J connectivity index is 1.87. The summed E-state index contributed by atoms with van der Waals surface area (Å²) >= 11 is 6.24. The van der Waals surface area contributed by atoms with Gasteiger partial charge < -0.3 is 4.90 Å². The van der Waals surface area contributed by atoms with Crippen LogP contribution in [0.3, 0.4) is 0 Å². The van der Waals surface area contributed by atoms with Gasteiger partial charge in [0.05, 0.1) is 5.69 Å². The van der Waals surface area contributed by atoms with Gasteiger partial charge in [-0.2, -0.15) is 0 Å². The lowest BCUT2D eigenvalue weighted by Gasteiger charge is -2.30. The van der Waals surface area contributed by atoms with Gasteiger partial charge in [0.2, 0.25) is 0 Å². The van der Waals surface area contributed by atoms with Crippen molar-refractivity contribution in [3.05, 3.63) is 79.0 Å². The van der Waals surface area contributed by atoms with Crippen LogP contribution in [0.4, 0.5) is 5.69 Å². The van der Waals surface area contributed by atoms with Gasteiger partial charge in [0.1, 0.15) is 5.16 Å². The minimum absolute atomic E-state index is 0.468. The lowest BCUT2D eigenvalue weighted by Crippen LogP contribution is -2.43. The molecular weight excluding hydrogens is 334 g/mol. The van der Waals surface area contributed by atoms with Crippen molar-refractivity contribution in [1.82, 2.24) is 15.6 Å². The average molecular weight is 354 g/mol. The molecule has 0 amide bonds. The fourth-order valence-corrected chi connectivity index (χ4v) is 2.80. The number of halogens is 1. The second-order valence-corrected chi connectivity index (χ2v) is 5.90. The van der Waals surface area contributed by atoms with E-state index in [1.807, 2.05) is 41.3 Å². The molecule has 0 saturated carbocycles. The van der Waals surface area contributed by atoms with Crippen molar-refractivity contribution >= 4 is 33.9 Å². The van der Waals surface area contributed by atoms with E-state index in [1.54, 1.807) is 6.08 Å². The Morgan fingerprint density at radius 2 is 1.84 bits per heavy atom. The summed E-state index contributed by atoms with van der Waals surface area (Å²) in [7, 11) is 0. The fourth-order valence-electron chi connectivity index (χ4n) is 2.62. The molecule has 2 N–H and O–H groups in total. The number of hydrogen-bond donors (Lipinski definition) is 2. The van der Waals surface area contributed by atoms with Crippen molar-refractivity contribution < 1.29 is 0 Å².